The highest BCUT2D eigenvalue weighted by atomic mass is 28.4. The summed E-state index contributed by atoms with van der Waals surface area (Å²) >= 11 is 0. The summed E-state index contributed by atoms with van der Waals surface area (Å²) in [6.07, 6.45) is 2.21. The van der Waals surface area contributed by atoms with Crippen molar-refractivity contribution in [1.29, 1.82) is 0 Å². The number of hydrogen-bond acceptors (Lipinski definition) is 6. The molecular formula is C26H33N5O3Si. The number of H-pyrrole nitrogens is 1. The summed E-state index contributed by atoms with van der Waals surface area (Å²) in [5.74, 6) is -0.0623. The second kappa shape index (κ2) is 10.1. The highest BCUT2D eigenvalue weighted by Crippen LogP contribution is 2.37. The van der Waals surface area contributed by atoms with Crippen LogP contribution in [-0.4, -0.2) is 46.2 Å². The number of aromatic nitrogens is 4. The number of nitrogens with one attached hydrogen (secondary N) is 1. The van der Waals surface area contributed by atoms with Gasteiger partial charge in [0.1, 0.15) is 0 Å². The van der Waals surface area contributed by atoms with Crippen molar-refractivity contribution in [2.45, 2.75) is 38.8 Å². The van der Waals surface area contributed by atoms with Gasteiger partial charge in [0.05, 0.1) is 6.33 Å². The van der Waals surface area contributed by atoms with Crippen LogP contribution in [0.3, 0.4) is 0 Å². The minimum atomic E-state index is -2.64. The number of aliphatic hydroxyl groups is 1. The molecule has 4 N–H and O–H groups in total. The Hall–Kier alpha value is -3.27. The molecule has 9 heteroatoms. The molecule has 4 aromatic rings. The predicted octanol–water partition coefficient (Wildman–Crippen LogP) is 2.28. The van der Waals surface area contributed by atoms with E-state index in [2.05, 4.69) is 84.3 Å². The molecule has 0 amide bonds. The molecule has 2 heterocycles. The number of rotatable bonds is 9. The van der Waals surface area contributed by atoms with E-state index < -0.39 is 8.32 Å². The van der Waals surface area contributed by atoms with Gasteiger partial charge in [-0.2, -0.15) is 4.98 Å². The molecule has 8 nitrogen and oxygen atoms in total. The largest absolute Gasteiger partial charge is 0.407 e. The molecule has 0 spiro atoms. The number of benzene rings is 2. The fraction of sp³-hybridized carbons (Fsp3) is 0.346. The topological polar surface area (TPSA) is 119 Å². The average molecular weight is 492 g/mol. The van der Waals surface area contributed by atoms with E-state index in [-0.39, 0.29) is 34.6 Å². The molecule has 0 aliphatic carbocycles. The van der Waals surface area contributed by atoms with Gasteiger partial charge in [-0.15, -0.1) is 0 Å². The van der Waals surface area contributed by atoms with Gasteiger partial charge in [-0.25, -0.2) is 4.98 Å². The van der Waals surface area contributed by atoms with Gasteiger partial charge in [-0.05, 0) is 21.8 Å². The Morgan fingerprint density at radius 3 is 2.23 bits per heavy atom. The number of anilines is 1. The smallest absolute Gasteiger partial charge is 0.280 e. The monoisotopic (exact) mass is 491 g/mol. The summed E-state index contributed by atoms with van der Waals surface area (Å²) in [4.78, 5) is 23.0. The van der Waals surface area contributed by atoms with Crippen LogP contribution in [-0.2, 0) is 11.0 Å². The normalized spacial score (nSPS) is 13.3. The fourth-order valence-electron chi connectivity index (χ4n) is 4.76. The summed E-state index contributed by atoms with van der Waals surface area (Å²) in [6, 6.07) is 21.0. The van der Waals surface area contributed by atoms with E-state index in [1.807, 2.05) is 12.1 Å². The van der Waals surface area contributed by atoms with Gasteiger partial charge in [-0.3, -0.25) is 9.78 Å². The zero-order valence-corrected chi connectivity index (χ0v) is 21.4. The number of hydrogen-bond donors (Lipinski definition) is 3. The van der Waals surface area contributed by atoms with Crippen LogP contribution in [0.5, 0.6) is 0 Å². The first-order valence-corrected chi connectivity index (χ1v) is 13.7. The third-order valence-corrected chi connectivity index (χ3v) is 11.5. The van der Waals surface area contributed by atoms with Crippen LogP contribution in [0.15, 0.2) is 71.8 Å². The molecule has 35 heavy (non-hydrogen) atoms. The average Bonchev–Trinajstić information content (AvgIpc) is 3.24. The molecule has 184 valence electrons. The summed E-state index contributed by atoms with van der Waals surface area (Å²) < 4.78 is 8.72. The van der Waals surface area contributed by atoms with E-state index in [9.17, 15) is 9.90 Å². The molecule has 0 bridgehead atoms. The predicted molar refractivity (Wildman–Crippen MR) is 141 cm³/mol. The molecular weight excluding hydrogens is 458 g/mol. The van der Waals surface area contributed by atoms with Gasteiger partial charge in [-0.1, -0.05) is 81.4 Å². The molecule has 0 saturated carbocycles. The second-order valence-electron chi connectivity index (χ2n) is 9.87. The van der Waals surface area contributed by atoms with Crippen molar-refractivity contribution in [3.05, 3.63) is 77.3 Å². The van der Waals surface area contributed by atoms with Crippen molar-refractivity contribution in [1.82, 2.24) is 19.5 Å². The van der Waals surface area contributed by atoms with Crippen molar-refractivity contribution in [3.8, 4) is 0 Å². The van der Waals surface area contributed by atoms with E-state index in [0.29, 0.717) is 25.2 Å². The molecule has 0 radical (unpaired) electrons. The van der Waals surface area contributed by atoms with Gasteiger partial charge < -0.3 is 19.8 Å². The lowest BCUT2D eigenvalue weighted by Gasteiger charge is -2.43. The van der Waals surface area contributed by atoms with E-state index in [0.717, 1.165) is 0 Å². The molecule has 0 saturated heterocycles. The molecule has 0 fully saturated rings. The molecule has 2 aromatic carbocycles. The lowest BCUT2D eigenvalue weighted by Crippen LogP contribution is -2.66. The summed E-state index contributed by atoms with van der Waals surface area (Å²) in [7, 11) is -2.64. The fourth-order valence-corrected chi connectivity index (χ4v) is 9.34. The molecule has 4 rings (SSSR count). The lowest BCUT2D eigenvalue weighted by molar-refractivity contribution is 0.175. The van der Waals surface area contributed by atoms with E-state index in [4.69, 9.17) is 10.2 Å². The zero-order valence-electron chi connectivity index (χ0n) is 20.4. The summed E-state index contributed by atoms with van der Waals surface area (Å²) in [6.45, 7) is 7.65. The quantitative estimate of drug-likeness (QED) is 0.309. The van der Waals surface area contributed by atoms with Crippen molar-refractivity contribution in [2.75, 3.05) is 18.9 Å². The highest BCUT2D eigenvalue weighted by Gasteiger charge is 2.50. The Morgan fingerprint density at radius 2 is 1.69 bits per heavy atom. The van der Waals surface area contributed by atoms with Crippen LogP contribution < -0.4 is 21.7 Å². The number of imidazole rings is 1. The van der Waals surface area contributed by atoms with E-state index in [1.54, 1.807) is 10.9 Å². The summed E-state index contributed by atoms with van der Waals surface area (Å²) in [5, 5.41) is 12.5. The second-order valence-corrected chi connectivity index (χ2v) is 14.2. The molecule has 1 unspecified atom stereocenters. The zero-order chi connectivity index (χ0) is 25.1. The maximum atomic E-state index is 12.1. The maximum absolute atomic E-state index is 12.1. The van der Waals surface area contributed by atoms with E-state index >= 15 is 0 Å². The number of nitrogens with two attached hydrogens (primary N) is 1. The third kappa shape index (κ3) is 4.93. The van der Waals surface area contributed by atoms with Gasteiger partial charge in [0.15, 0.2) is 11.2 Å². The minimum absolute atomic E-state index is 0.0253. The third-order valence-electron chi connectivity index (χ3n) is 6.47. The van der Waals surface area contributed by atoms with Crippen LogP contribution in [0.25, 0.3) is 11.2 Å². The maximum Gasteiger partial charge on any atom is 0.280 e. The molecule has 2 aromatic heterocycles. The van der Waals surface area contributed by atoms with Crippen molar-refractivity contribution >= 4 is 35.8 Å². The molecule has 1 atom stereocenters. The molecule has 0 aliphatic heterocycles. The number of fused-ring (bicyclic) bond motifs is 1. The van der Waals surface area contributed by atoms with Crippen molar-refractivity contribution in [3.63, 3.8) is 0 Å². The Bertz CT molecular complexity index is 1280. The number of nitrogen functional groups attached to an aromatic ring is 1. The SMILES string of the molecule is CC(C)(C)[Si](OCCC(CO)Cn1cnc2c(=O)[nH]c(N)nc21)(c1ccccc1)c1ccccc1. The van der Waals surface area contributed by atoms with Gasteiger partial charge in [0.25, 0.3) is 13.9 Å². The van der Waals surface area contributed by atoms with E-state index in [1.165, 1.54) is 10.4 Å². The van der Waals surface area contributed by atoms with Gasteiger partial charge in [0, 0.05) is 25.7 Å². The van der Waals surface area contributed by atoms with Crippen LogP contribution in [0.2, 0.25) is 5.04 Å². The number of aliphatic hydroxyl groups excluding tert-OH is 1. The first-order chi connectivity index (χ1) is 16.8. The Balaban J connectivity index is 1.59. The number of aromatic amines is 1. The standard InChI is InChI=1S/C26H33N5O3Si/c1-26(2,3)35(20-10-6-4-7-11-20,21-12-8-5-9-13-21)34-15-14-19(17-32)16-31-18-28-22-23(31)29-25(27)30-24(22)33/h4-13,18-19,32H,14-17H2,1-3H3,(H3,27,29,30,33). The molecule has 0 aliphatic rings. The Labute approximate surface area is 206 Å². The number of nitrogens with zero attached hydrogens (tertiary/aromatic N) is 3. The van der Waals surface area contributed by atoms with Crippen LogP contribution in [0.1, 0.15) is 27.2 Å². The summed E-state index contributed by atoms with van der Waals surface area (Å²) in [5.41, 5.74) is 6.00. The first-order valence-electron chi connectivity index (χ1n) is 11.8. The van der Waals surface area contributed by atoms with Crippen molar-refractivity contribution < 1.29 is 9.53 Å². The Kier molecular flexibility index (Phi) is 7.20. The minimum Gasteiger partial charge on any atom is -0.407 e. The van der Waals surface area contributed by atoms with Crippen molar-refractivity contribution in [2.24, 2.45) is 5.92 Å². The van der Waals surface area contributed by atoms with Crippen LogP contribution >= 0.6 is 0 Å². The van der Waals surface area contributed by atoms with Gasteiger partial charge >= 0.3 is 0 Å². The van der Waals surface area contributed by atoms with Crippen LogP contribution in [0.4, 0.5) is 5.95 Å². The first kappa shape index (κ1) is 24.8. The Morgan fingerprint density at radius 1 is 1.09 bits per heavy atom. The van der Waals surface area contributed by atoms with Gasteiger partial charge in [0.2, 0.25) is 5.95 Å². The van der Waals surface area contributed by atoms with Crippen LogP contribution in [0, 0.1) is 5.92 Å². The lowest BCUT2D eigenvalue weighted by atomic mass is 10.1. The highest BCUT2D eigenvalue weighted by molar-refractivity contribution is 6.99.